The monoisotopic (exact) mass is 827 g/mol. The van der Waals surface area contributed by atoms with Gasteiger partial charge in [0.1, 0.15) is 0 Å². The largest absolute Gasteiger partial charge is 0.490 e. The van der Waals surface area contributed by atoms with Crippen molar-refractivity contribution in [1.82, 2.24) is 0 Å². The second-order valence-corrected chi connectivity index (χ2v) is 16.7. The van der Waals surface area contributed by atoms with Crippen LogP contribution in [0.5, 0.6) is 34.5 Å². The third-order valence-electron chi connectivity index (χ3n) is 11.5. The van der Waals surface area contributed by atoms with Gasteiger partial charge >= 0.3 is 0 Å². The van der Waals surface area contributed by atoms with Gasteiger partial charge in [-0.1, -0.05) is 137 Å². The highest BCUT2D eigenvalue weighted by atomic mass is 16.5. The maximum Gasteiger partial charge on any atom is 0.161 e. The molecular weight excluding hydrogens is 745 g/mol. The fourth-order valence-corrected chi connectivity index (χ4v) is 7.82. The minimum Gasteiger partial charge on any atom is -0.490 e. The lowest BCUT2D eigenvalue weighted by atomic mass is 9.93. The van der Waals surface area contributed by atoms with Crippen molar-refractivity contribution in [3.8, 4) is 34.5 Å². The quantitative estimate of drug-likeness (QED) is 0.0259. The highest BCUT2D eigenvalue weighted by Crippen LogP contribution is 2.47. The van der Waals surface area contributed by atoms with Gasteiger partial charge in [0.2, 0.25) is 0 Å². The summed E-state index contributed by atoms with van der Waals surface area (Å²) < 4.78 is 39.6. The first-order valence-corrected chi connectivity index (χ1v) is 24.5. The molecule has 0 spiro atoms. The lowest BCUT2D eigenvalue weighted by Crippen LogP contribution is -2.05. The van der Waals surface area contributed by atoms with Gasteiger partial charge < -0.3 is 28.4 Å². The molecule has 0 bridgehead atoms. The third kappa shape index (κ3) is 15.9. The summed E-state index contributed by atoms with van der Waals surface area (Å²) in [5.41, 5.74) is 0. The van der Waals surface area contributed by atoms with Gasteiger partial charge in [0.25, 0.3) is 0 Å². The Morgan fingerprint density at radius 1 is 0.300 bits per heavy atom. The van der Waals surface area contributed by atoms with Crippen LogP contribution < -0.4 is 28.4 Å². The molecule has 0 atom stereocenters. The van der Waals surface area contributed by atoms with Crippen molar-refractivity contribution in [2.75, 3.05) is 39.6 Å². The van der Waals surface area contributed by atoms with E-state index in [1.54, 1.807) is 0 Å². The van der Waals surface area contributed by atoms with E-state index < -0.39 is 0 Å². The molecule has 0 saturated carbocycles. The summed E-state index contributed by atoms with van der Waals surface area (Å²) in [5.74, 6) is 4.81. The summed E-state index contributed by atoms with van der Waals surface area (Å²) in [6.07, 6.45) is 28.1. The molecule has 0 amide bonds. The van der Waals surface area contributed by atoms with Gasteiger partial charge in [0.15, 0.2) is 34.5 Å². The van der Waals surface area contributed by atoms with Crippen LogP contribution in [-0.2, 0) is 0 Å². The first-order chi connectivity index (χ1) is 29.6. The molecule has 334 valence electrons. The van der Waals surface area contributed by atoms with Crippen LogP contribution in [0.1, 0.15) is 182 Å². The molecule has 0 aromatic heterocycles. The number of hydrogen-bond donors (Lipinski definition) is 0. The zero-order chi connectivity index (χ0) is 42.6. The maximum atomic E-state index is 6.69. The van der Waals surface area contributed by atoms with Gasteiger partial charge in [-0.05, 0) is 120 Å². The Labute approximate surface area is 365 Å². The van der Waals surface area contributed by atoms with Crippen molar-refractivity contribution in [1.29, 1.82) is 0 Å². The zero-order valence-corrected chi connectivity index (χ0v) is 38.7. The van der Waals surface area contributed by atoms with Crippen molar-refractivity contribution >= 4 is 32.3 Å². The average molecular weight is 827 g/mol. The van der Waals surface area contributed by atoms with Crippen LogP contribution >= 0.6 is 0 Å². The average Bonchev–Trinajstić information content (AvgIpc) is 3.26. The minimum atomic E-state index is 0.656. The van der Waals surface area contributed by atoms with Crippen molar-refractivity contribution in [3.63, 3.8) is 0 Å². The second-order valence-electron chi connectivity index (χ2n) is 16.7. The van der Waals surface area contributed by atoms with Crippen molar-refractivity contribution < 1.29 is 28.4 Å². The molecule has 0 heterocycles. The lowest BCUT2D eigenvalue weighted by Gasteiger charge is -2.21. The summed E-state index contributed by atoms with van der Waals surface area (Å²) in [6.45, 7) is 19.0. The van der Waals surface area contributed by atoms with E-state index in [9.17, 15) is 0 Å². The Kier molecular flexibility index (Phi) is 24.0. The van der Waals surface area contributed by atoms with E-state index in [1.807, 2.05) is 6.08 Å². The summed E-state index contributed by atoms with van der Waals surface area (Å²) in [4.78, 5) is 0. The first kappa shape index (κ1) is 48.9. The molecule has 4 rings (SSSR count). The Morgan fingerprint density at radius 3 is 0.717 bits per heavy atom. The van der Waals surface area contributed by atoms with Gasteiger partial charge in [0, 0.05) is 0 Å². The molecule has 4 aromatic rings. The Balaban J connectivity index is 1.88. The number of allylic oxidation sites excluding steroid dienone is 1. The van der Waals surface area contributed by atoms with E-state index in [0.29, 0.717) is 39.6 Å². The molecule has 6 nitrogen and oxygen atoms in total. The number of fused-ring (bicyclic) bond motifs is 6. The molecule has 0 radical (unpaired) electrons. The summed E-state index contributed by atoms with van der Waals surface area (Å²) >= 11 is 0. The van der Waals surface area contributed by atoms with Gasteiger partial charge in [0.05, 0.1) is 39.6 Å². The van der Waals surface area contributed by atoms with Crippen LogP contribution in [0.2, 0.25) is 0 Å². The molecule has 0 aliphatic carbocycles. The van der Waals surface area contributed by atoms with Gasteiger partial charge in [-0.15, -0.1) is 6.58 Å². The van der Waals surface area contributed by atoms with Crippen LogP contribution in [0.25, 0.3) is 32.3 Å². The molecule has 6 heteroatoms. The lowest BCUT2D eigenvalue weighted by molar-refractivity contribution is 0.259. The van der Waals surface area contributed by atoms with E-state index in [0.717, 1.165) is 176 Å². The molecule has 60 heavy (non-hydrogen) atoms. The Hall–Kier alpha value is -3.80. The highest BCUT2D eigenvalue weighted by molar-refractivity contribution is 6.26. The van der Waals surface area contributed by atoms with E-state index in [4.69, 9.17) is 28.4 Å². The molecule has 0 aliphatic rings. The number of ether oxygens (including phenoxy) is 6. The smallest absolute Gasteiger partial charge is 0.161 e. The first-order valence-electron chi connectivity index (χ1n) is 24.5. The van der Waals surface area contributed by atoms with Crippen molar-refractivity contribution in [3.05, 3.63) is 49.1 Å². The van der Waals surface area contributed by atoms with Crippen LogP contribution in [0.3, 0.4) is 0 Å². The normalized spacial score (nSPS) is 11.4. The van der Waals surface area contributed by atoms with Crippen LogP contribution in [0, 0.1) is 0 Å². The predicted octanol–water partition coefficient (Wildman–Crippen LogP) is 16.7. The molecule has 0 N–H and O–H groups in total. The van der Waals surface area contributed by atoms with Crippen LogP contribution in [-0.4, -0.2) is 39.6 Å². The topological polar surface area (TPSA) is 55.4 Å². The van der Waals surface area contributed by atoms with Gasteiger partial charge in [-0.25, -0.2) is 0 Å². The van der Waals surface area contributed by atoms with E-state index in [-0.39, 0.29) is 0 Å². The molecule has 0 saturated heterocycles. The Bertz CT molecular complexity index is 1750. The second kappa shape index (κ2) is 29.5. The molecule has 0 aliphatic heterocycles. The highest BCUT2D eigenvalue weighted by Gasteiger charge is 2.20. The van der Waals surface area contributed by atoms with Crippen molar-refractivity contribution in [2.24, 2.45) is 0 Å². The van der Waals surface area contributed by atoms with Gasteiger partial charge in [-0.2, -0.15) is 0 Å². The molecule has 0 unspecified atom stereocenters. The number of rotatable bonds is 36. The number of benzene rings is 4. The molecular formula is C54H82O6. The summed E-state index contributed by atoms with van der Waals surface area (Å²) in [5, 5.41) is 6.64. The molecule has 0 fully saturated rings. The van der Waals surface area contributed by atoms with Crippen molar-refractivity contribution in [2.45, 2.75) is 182 Å². The molecule has 4 aromatic carbocycles. The zero-order valence-electron chi connectivity index (χ0n) is 38.7. The third-order valence-corrected chi connectivity index (χ3v) is 11.5. The summed E-state index contributed by atoms with van der Waals surface area (Å²) in [7, 11) is 0. The minimum absolute atomic E-state index is 0.656. The predicted molar refractivity (Wildman–Crippen MR) is 257 cm³/mol. The van der Waals surface area contributed by atoms with Crippen LogP contribution in [0.15, 0.2) is 49.1 Å². The van der Waals surface area contributed by atoms with E-state index in [2.05, 4.69) is 77.6 Å². The fourth-order valence-electron chi connectivity index (χ4n) is 7.82. The maximum absolute atomic E-state index is 6.69. The SMILES string of the molecule is C=CCCCCCCCCCOc1cc2c3cc(OCCCCC)c(OCCCCC)cc3c3cc(OCCCCC)c(OCCCCC)cc3c2cc1OCCCCC. The Morgan fingerprint density at radius 2 is 0.500 bits per heavy atom. The van der Waals surface area contributed by atoms with E-state index in [1.165, 1.54) is 38.5 Å². The fraction of sp³-hybridized carbons (Fsp3) is 0.630. The van der Waals surface area contributed by atoms with Crippen LogP contribution in [0.4, 0.5) is 0 Å². The number of hydrogen-bond acceptors (Lipinski definition) is 6. The standard InChI is InChI=1S/C54H82O6/c1-7-13-19-20-21-22-23-24-30-36-60-54-42-48-46-40-52(58-34-28-17-11-5)50(56-32-26-15-9-3)38-44(46)43-37-49(55-31-25-14-8-2)51(57-33-27-16-10-4)39-45(43)47(48)41-53(54)59-35-29-18-12-6/h7,37-42H,1,8-36H2,2-6H3. The number of unbranched alkanes of at least 4 members (excludes halogenated alkanes) is 17. The van der Waals surface area contributed by atoms with Gasteiger partial charge in [-0.3, -0.25) is 0 Å². The van der Waals surface area contributed by atoms with E-state index >= 15 is 0 Å². The summed E-state index contributed by atoms with van der Waals surface area (Å²) in [6, 6.07) is 13.3.